The lowest BCUT2D eigenvalue weighted by atomic mass is 10.1. The van der Waals surface area contributed by atoms with Crippen LogP contribution < -0.4 is 9.80 Å². The van der Waals surface area contributed by atoms with Crippen LogP contribution in [0.2, 0.25) is 5.02 Å². The van der Waals surface area contributed by atoms with Gasteiger partial charge in [0, 0.05) is 49.1 Å². The number of halogens is 2. The molecule has 0 unspecified atom stereocenters. The summed E-state index contributed by atoms with van der Waals surface area (Å²) < 4.78 is 13.3. The number of anilines is 2. The van der Waals surface area contributed by atoms with E-state index in [-0.39, 0.29) is 11.6 Å². The highest BCUT2D eigenvalue weighted by Gasteiger charge is 2.34. The Kier molecular flexibility index (Phi) is 5.46. The topological polar surface area (TPSA) is 43.9 Å². The second-order valence-electron chi connectivity index (χ2n) is 7.53. The van der Waals surface area contributed by atoms with E-state index in [0.717, 1.165) is 30.0 Å². The predicted octanol–water partition coefficient (Wildman–Crippen LogP) is 3.76. The maximum absolute atomic E-state index is 13.3. The summed E-state index contributed by atoms with van der Waals surface area (Å²) in [6, 6.07) is 9.98. The molecule has 0 saturated carbocycles. The van der Waals surface area contributed by atoms with Gasteiger partial charge in [0.25, 0.3) is 0 Å². The van der Waals surface area contributed by atoms with Crippen LogP contribution in [-0.4, -0.2) is 42.9 Å². The van der Waals surface area contributed by atoms with E-state index < -0.39 is 17.6 Å². The Balaban J connectivity index is 1.53. The van der Waals surface area contributed by atoms with Crippen molar-refractivity contribution in [3.63, 3.8) is 0 Å². The number of benzene rings is 2. The third-order valence-electron chi connectivity index (χ3n) is 5.70. The molecular formula is C22H23ClFN3O2. The summed E-state index contributed by atoms with van der Waals surface area (Å²) in [5, 5.41) is 0.252. The van der Waals surface area contributed by atoms with Crippen molar-refractivity contribution >= 4 is 34.8 Å². The van der Waals surface area contributed by atoms with Gasteiger partial charge in [0.15, 0.2) is 0 Å². The molecule has 0 atom stereocenters. The van der Waals surface area contributed by atoms with E-state index in [2.05, 4.69) is 11.0 Å². The smallest absolute Gasteiger partial charge is 0.316 e. The minimum Gasteiger partial charge on any atom is -0.371 e. The summed E-state index contributed by atoms with van der Waals surface area (Å²) >= 11 is 6.08. The standard InChI is InChI=1S/C22H23ClFN3O2/c1-15-19(25-9-2-3-10-25)5-4-6-20(15)27-12-11-26(21(28)22(27)29)14-16-7-8-17(24)13-18(16)23/h4-8,13H,2-3,9-12,14H2,1H3. The molecule has 4 rings (SSSR count). The maximum Gasteiger partial charge on any atom is 0.316 e. The van der Waals surface area contributed by atoms with Crippen LogP contribution in [0.3, 0.4) is 0 Å². The van der Waals surface area contributed by atoms with Gasteiger partial charge in [0.2, 0.25) is 0 Å². The lowest BCUT2D eigenvalue weighted by molar-refractivity contribution is -0.146. The normalized spacial score (nSPS) is 17.4. The average Bonchev–Trinajstić information content (AvgIpc) is 3.23. The lowest BCUT2D eigenvalue weighted by Crippen LogP contribution is -2.54. The molecule has 2 aromatic carbocycles. The molecule has 0 spiro atoms. The van der Waals surface area contributed by atoms with Crippen molar-refractivity contribution in [1.82, 2.24) is 4.90 Å². The fraction of sp³-hybridized carbons (Fsp3) is 0.364. The number of hydrogen-bond donors (Lipinski definition) is 0. The first-order valence-corrected chi connectivity index (χ1v) is 10.2. The lowest BCUT2D eigenvalue weighted by Gasteiger charge is -2.35. The fourth-order valence-corrected chi connectivity index (χ4v) is 4.34. The maximum atomic E-state index is 13.3. The van der Waals surface area contributed by atoms with Gasteiger partial charge in [-0.15, -0.1) is 0 Å². The molecule has 2 aliphatic heterocycles. The van der Waals surface area contributed by atoms with Crippen LogP contribution in [0.15, 0.2) is 36.4 Å². The predicted molar refractivity (Wildman–Crippen MR) is 112 cm³/mol. The first kappa shape index (κ1) is 19.7. The number of piperazine rings is 1. The second-order valence-corrected chi connectivity index (χ2v) is 7.94. The van der Waals surface area contributed by atoms with E-state index in [0.29, 0.717) is 18.7 Å². The molecule has 2 aliphatic rings. The number of nitrogens with zero attached hydrogens (tertiary/aromatic N) is 3. The molecule has 0 radical (unpaired) electrons. The van der Waals surface area contributed by atoms with Crippen molar-refractivity contribution in [2.24, 2.45) is 0 Å². The highest BCUT2D eigenvalue weighted by molar-refractivity contribution is 6.41. The molecule has 7 heteroatoms. The Morgan fingerprint density at radius 1 is 0.966 bits per heavy atom. The average molecular weight is 416 g/mol. The Bertz CT molecular complexity index is 959. The molecule has 0 N–H and O–H groups in total. The van der Waals surface area contributed by atoms with E-state index >= 15 is 0 Å². The van der Waals surface area contributed by atoms with Crippen molar-refractivity contribution in [1.29, 1.82) is 0 Å². The van der Waals surface area contributed by atoms with E-state index in [1.165, 1.54) is 29.9 Å². The number of hydrogen-bond acceptors (Lipinski definition) is 3. The molecule has 2 heterocycles. The number of rotatable bonds is 4. The van der Waals surface area contributed by atoms with Gasteiger partial charge in [-0.25, -0.2) is 4.39 Å². The summed E-state index contributed by atoms with van der Waals surface area (Å²) in [6.07, 6.45) is 2.34. The molecule has 2 saturated heterocycles. The van der Waals surface area contributed by atoms with E-state index in [1.807, 2.05) is 19.1 Å². The molecule has 5 nitrogen and oxygen atoms in total. The van der Waals surface area contributed by atoms with Crippen LogP contribution in [0.4, 0.5) is 15.8 Å². The van der Waals surface area contributed by atoms with Crippen molar-refractivity contribution in [3.05, 3.63) is 58.4 Å². The van der Waals surface area contributed by atoms with Crippen LogP contribution in [-0.2, 0) is 16.1 Å². The van der Waals surface area contributed by atoms with Crippen LogP contribution in [0.1, 0.15) is 24.0 Å². The van der Waals surface area contributed by atoms with Crippen molar-refractivity contribution in [3.8, 4) is 0 Å². The van der Waals surface area contributed by atoms with Crippen molar-refractivity contribution in [2.45, 2.75) is 26.3 Å². The van der Waals surface area contributed by atoms with Crippen LogP contribution in [0.5, 0.6) is 0 Å². The quantitative estimate of drug-likeness (QED) is 0.714. The molecule has 0 aliphatic carbocycles. The van der Waals surface area contributed by atoms with Crippen LogP contribution in [0, 0.1) is 12.7 Å². The third kappa shape index (κ3) is 3.81. The summed E-state index contributed by atoms with van der Waals surface area (Å²) in [7, 11) is 0. The van der Waals surface area contributed by atoms with E-state index in [9.17, 15) is 14.0 Å². The number of carbonyl (C=O) groups excluding carboxylic acids is 2. The van der Waals surface area contributed by atoms with Gasteiger partial charge in [-0.2, -0.15) is 0 Å². The zero-order valence-electron chi connectivity index (χ0n) is 16.3. The fourth-order valence-electron chi connectivity index (χ4n) is 4.12. The number of carbonyl (C=O) groups is 2. The number of amides is 2. The Morgan fingerprint density at radius 2 is 1.69 bits per heavy atom. The molecule has 29 heavy (non-hydrogen) atoms. The molecule has 152 valence electrons. The molecule has 0 bridgehead atoms. The van der Waals surface area contributed by atoms with Gasteiger partial charge in [-0.3, -0.25) is 9.59 Å². The minimum absolute atomic E-state index is 0.185. The Labute approximate surface area is 174 Å². The second kappa shape index (κ2) is 8.03. The minimum atomic E-state index is -0.567. The van der Waals surface area contributed by atoms with Crippen LogP contribution in [0.25, 0.3) is 0 Å². The molecule has 2 amide bonds. The van der Waals surface area contributed by atoms with E-state index in [1.54, 1.807) is 11.0 Å². The Hall–Kier alpha value is -2.60. The SMILES string of the molecule is Cc1c(N2CCCC2)cccc1N1CCN(Cc2ccc(F)cc2Cl)C(=O)C1=O. The summed E-state index contributed by atoms with van der Waals surface area (Å²) in [5.74, 6) is -1.54. The van der Waals surface area contributed by atoms with Crippen LogP contribution >= 0.6 is 11.6 Å². The summed E-state index contributed by atoms with van der Waals surface area (Å²) in [4.78, 5) is 31.0. The van der Waals surface area contributed by atoms with Crippen molar-refractivity contribution in [2.75, 3.05) is 36.0 Å². The first-order chi connectivity index (χ1) is 14.0. The summed E-state index contributed by atoms with van der Waals surface area (Å²) in [5.41, 5.74) is 3.55. The molecule has 0 aromatic heterocycles. The first-order valence-electron chi connectivity index (χ1n) is 9.85. The molecule has 2 aromatic rings. The van der Waals surface area contributed by atoms with Gasteiger partial charge in [-0.1, -0.05) is 23.7 Å². The molecular weight excluding hydrogens is 393 g/mol. The van der Waals surface area contributed by atoms with Gasteiger partial charge in [0.05, 0.1) is 0 Å². The van der Waals surface area contributed by atoms with Gasteiger partial charge in [-0.05, 0) is 55.2 Å². The van der Waals surface area contributed by atoms with Gasteiger partial charge in [0.1, 0.15) is 5.82 Å². The largest absolute Gasteiger partial charge is 0.371 e. The zero-order chi connectivity index (χ0) is 20.5. The highest BCUT2D eigenvalue weighted by Crippen LogP contribution is 2.32. The highest BCUT2D eigenvalue weighted by atomic mass is 35.5. The van der Waals surface area contributed by atoms with E-state index in [4.69, 9.17) is 11.6 Å². The summed E-state index contributed by atoms with van der Waals surface area (Å²) in [6.45, 7) is 5.03. The Morgan fingerprint density at radius 3 is 2.41 bits per heavy atom. The third-order valence-corrected chi connectivity index (χ3v) is 6.05. The van der Waals surface area contributed by atoms with Gasteiger partial charge >= 0.3 is 11.8 Å². The van der Waals surface area contributed by atoms with Crippen molar-refractivity contribution < 1.29 is 14.0 Å². The van der Waals surface area contributed by atoms with Gasteiger partial charge < -0.3 is 14.7 Å². The monoisotopic (exact) mass is 415 g/mol. The molecule has 2 fully saturated rings. The zero-order valence-corrected chi connectivity index (χ0v) is 17.1.